The summed E-state index contributed by atoms with van der Waals surface area (Å²) in [4.78, 5) is 13.6. The van der Waals surface area contributed by atoms with Crippen LogP contribution in [-0.2, 0) is 11.2 Å². The summed E-state index contributed by atoms with van der Waals surface area (Å²) in [6, 6.07) is 2.05. The van der Waals surface area contributed by atoms with Crippen LogP contribution in [0.1, 0.15) is 38.5 Å². The molecule has 0 fully saturated rings. The van der Waals surface area contributed by atoms with Gasteiger partial charge in [0.2, 0.25) is 5.91 Å². The molecule has 2 heterocycles. The summed E-state index contributed by atoms with van der Waals surface area (Å²) in [6.07, 6.45) is 5.03. The van der Waals surface area contributed by atoms with Crippen LogP contribution in [-0.4, -0.2) is 23.9 Å². The minimum absolute atomic E-state index is 0.00744. The highest BCUT2D eigenvalue weighted by atomic mass is 16.3. The van der Waals surface area contributed by atoms with Crippen molar-refractivity contribution in [1.29, 1.82) is 0 Å². The molecule has 20 heavy (non-hydrogen) atoms. The van der Waals surface area contributed by atoms with Crippen molar-refractivity contribution in [3.63, 3.8) is 0 Å². The van der Waals surface area contributed by atoms with Crippen LogP contribution < -0.4 is 0 Å². The second-order valence-corrected chi connectivity index (χ2v) is 5.85. The topological polar surface area (TPSA) is 33.5 Å². The molecular weight excluding hydrogens is 250 g/mol. The van der Waals surface area contributed by atoms with E-state index < -0.39 is 0 Å². The van der Waals surface area contributed by atoms with Gasteiger partial charge in [-0.05, 0) is 43.4 Å². The average Bonchev–Trinajstić information content (AvgIpc) is 2.85. The molecule has 0 saturated heterocycles. The second-order valence-electron chi connectivity index (χ2n) is 5.85. The number of rotatable bonds is 4. The first-order valence-corrected chi connectivity index (χ1v) is 7.19. The van der Waals surface area contributed by atoms with Crippen molar-refractivity contribution in [2.75, 3.05) is 13.1 Å². The normalized spacial score (nSPS) is 15.9. The molecule has 108 valence electrons. The van der Waals surface area contributed by atoms with Crippen molar-refractivity contribution in [2.45, 2.75) is 33.6 Å². The first-order valence-electron chi connectivity index (χ1n) is 7.19. The Morgan fingerprint density at radius 2 is 2.30 bits per heavy atom. The molecule has 0 aliphatic carbocycles. The van der Waals surface area contributed by atoms with Crippen LogP contribution in [0.25, 0.3) is 5.57 Å². The zero-order valence-corrected chi connectivity index (χ0v) is 12.6. The minimum atomic E-state index is -0.00744. The second kappa shape index (κ2) is 6.12. The van der Waals surface area contributed by atoms with Crippen molar-refractivity contribution in [2.24, 2.45) is 5.92 Å². The van der Waals surface area contributed by atoms with Gasteiger partial charge < -0.3 is 9.32 Å². The third-order valence-corrected chi connectivity index (χ3v) is 3.76. The van der Waals surface area contributed by atoms with Crippen LogP contribution in [0.3, 0.4) is 0 Å². The fourth-order valence-corrected chi connectivity index (χ4v) is 2.64. The maximum Gasteiger partial charge on any atom is 0.246 e. The SMILES string of the molecule is C=CC(=O)N1CCC(C)=C(c2occc2CC(C)C)C1. The van der Waals surface area contributed by atoms with Crippen molar-refractivity contribution in [3.05, 3.63) is 41.9 Å². The number of amides is 1. The number of hydrogen-bond donors (Lipinski definition) is 0. The smallest absolute Gasteiger partial charge is 0.246 e. The lowest BCUT2D eigenvalue weighted by molar-refractivity contribution is -0.125. The lowest BCUT2D eigenvalue weighted by atomic mass is 9.94. The highest BCUT2D eigenvalue weighted by Gasteiger charge is 2.23. The maximum atomic E-state index is 11.8. The first kappa shape index (κ1) is 14.6. The van der Waals surface area contributed by atoms with E-state index in [0.29, 0.717) is 12.5 Å². The molecule has 1 aromatic heterocycles. The van der Waals surface area contributed by atoms with Gasteiger partial charge in [-0.25, -0.2) is 0 Å². The molecule has 2 rings (SSSR count). The highest BCUT2D eigenvalue weighted by Crippen LogP contribution is 2.30. The summed E-state index contributed by atoms with van der Waals surface area (Å²) < 4.78 is 5.72. The van der Waals surface area contributed by atoms with E-state index in [2.05, 4.69) is 27.4 Å². The van der Waals surface area contributed by atoms with Crippen LogP contribution in [0.4, 0.5) is 0 Å². The predicted molar refractivity (Wildman–Crippen MR) is 81.2 cm³/mol. The van der Waals surface area contributed by atoms with Gasteiger partial charge in [-0.15, -0.1) is 0 Å². The number of carbonyl (C=O) groups is 1. The number of furan rings is 1. The summed E-state index contributed by atoms with van der Waals surface area (Å²) >= 11 is 0. The van der Waals surface area contributed by atoms with Crippen LogP contribution in [0, 0.1) is 5.92 Å². The van der Waals surface area contributed by atoms with Gasteiger partial charge in [0.05, 0.1) is 6.26 Å². The maximum absolute atomic E-state index is 11.8. The van der Waals surface area contributed by atoms with Crippen molar-refractivity contribution in [1.82, 2.24) is 4.90 Å². The molecule has 0 N–H and O–H groups in total. The monoisotopic (exact) mass is 273 g/mol. The van der Waals surface area contributed by atoms with E-state index in [-0.39, 0.29) is 5.91 Å². The van der Waals surface area contributed by atoms with E-state index in [4.69, 9.17) is 4.42 Å². The highest BCUT2D eigenvalue weighted by molar-refractivity contribution is 5.89. The molecule has 1 aliphatic rings. The van der Waals surface area contributed by atoms with Crippen molar-refractivity contribution >= 4 is 11.5 Å². The van der Waals surface area contributed by atoms with Gasteiger partial charge in [0, 0.05) is 18.7 Å². The summed E-state index contributed by atoms with van der Waals surface area (Å²) in [5.41, 5.74) is 3.72. The van der Waals surface area contributed by atoms with Gasteiger partial charge >= 0.3 is 0 Å². The van der Waals surface area contributed by atoms with Crippen LogP contribution in [0.15, 0.2) is 35.0 Å². The molecule has 3 heteroatoms. The molecule has 0 atom stereocenters. The Hall–Kier alpha value is -1.77. The molecule has 0 radical (unpaired) electrons. The molecular formula is C17H23NO2. The van der Waals surface area contributed by atoms with Crippen molar-refractivity contribution in [3.8, 4) is 0 Å². The summed E-state index contributed by atoms with van der Waals surface area (Å²) in [7, 11) is 0. The van der Waals surface area contributed by atoms with Gasteiger partial charge in [0.15, 0.2) is 0 Å². The predicted octanol–water partition coefficient (Wildman–Crippen LogP) is 3.67. The van der Waals surface area contributed by atoms with E-state index in [1.54, 1.807) is 6.26 Å². The summed E-state index contributed by atoms with van der Waals surface area (Å²) in [5.74, 6) is 1.53. The molecule has 0 bridgehead atoms. The molecule has 1 amide bonds. The molecule has 0 unspecified atom stereocenters. The van der Waals surface area contributed by atoms with Gasteiger partial charge in [0.25, 0.3) is 0 Å². The van der Waals surface area contributed by atoms with E-state index in [9.17, 15) is 4.79 Å². The van der Waals surface area contributed by atoms with Gasteiger partial charge in [-0.1, -0.05) is 26.0 Å². The molecule has 1 aliphatic heterocycles. The zero-order valence-electron chi connectivity index (χ0n) is 12.6. The number of hydrogen-bond acceptors (Lipinski definition) is 2. The van der Waals surface area contributed by atoms with Gasteiger partial charge in [-0.3, -0.25) is 4.79 Å². The summed E-state index contributed by atoms with van der Waals surface area (Å²) in [6.45, 7) is 11.5. The lowest BCUT2D eigenvalue weighted by Gasteiger charge is -2.29. The Labute approximate surface area is 121 Å². The molecule has 1 aromatic rings. The number of nitrogens with zero attached hydrogens (tertiary/aromatic N) is 1. The lowest BCUT2D eigenvalue weighted by Crippen LogP contribution is -2.35. The Balaban J connectivity index is 2.28. The minimum Gasteiger partial charge on any atom is -0.464 e. The Morgan fingerprint density at radius 1 is 1.55 bits per heavy atom. The molecule has 0 spiro atoms. The fourth-order valence-electron chi connectivity index (χ4n) is 2.64. The van der Waals surface area contributed by atoms with Crippen LogP contribution in [0.5, 0.6) is 0 Å². The summed E-state index contributed by atoms with van der Waals surface area (Å²) in [5, 5.41) is 0. The van der Waals surface area contributed by atoms with E-state index in [1.807, 2.05) is 11.0 Å². The van der Waals surface area contributed by atoms with Crippen LogP contribution in [0.2, 0.25) is 0 Å². The molecule has 3 nitrogen and oxygen atoms in total. The fraction of sp³-hybridized carbons (Fsp3) is 0.471. The third kappa shape index (κ3) is 3.03. The van der Waals surface area contributed by atoms with Crippen molar-refractivity contribution < 1.29 is 9.21 Å². The Morgan fingerprint density at radius 3 is 2.95 bits per heavy atom. The van der Waals surface area contributed by atoms with Crippen LogP contribution >= 0.6 is 0 Å². The molecule has 0 saturated carbocycles. The van der Waals surface area contributed by atoms with E-state index in [0.717, 1.165) is 30.7 Å². The Bertz CT molecular complexity index is 537. The largest absolute Gasteiger partial charge is 0.464 e. The van der Waals surface area contributed by atoms with E-state index in [1.165, 1.54) is 17.2 Å². The zero-order chi connectivity index (χ0) is 14.7. The standard InChI is InChI=1S/C17H23NO2/c1-5-16(19)18-8-6-13(4)15(11-18)17-14(7-9-20-17)10-12(2)3/h5,7,9,12H,1,6,8,10-11H2,2-4H3. The molecule has 0 aromatic carbocycles. The first-order chi connectivity index (χ1) is 9.52. The average molecular weight is 273 g/mol. The van der Waals surface area contributed by atoms with E-state index >= 15 is 0 Å². The quantitative estimate of drug-likeness (QED) is 0.784. The van der Waals surface area contributed by atoms with Gasteiger partial charge in [0.1, 0.15) is 5.76 Å². The number of carbonyl (C=O) groups excluding carboxylic acids is 1. The third-order valence-electron chi connectivity index (χ3n) is 3.76. The van der Waals surface area contributed by atoms with Gasteiger partial charge in [-0.2, -0.15) is 0 Å². The Kier molecular flexibility index (Phi) is 4.48.